The summed E-state index contributed by atoms with van der Waals surface area (Å²) in [5.41, 5.74) is 0.968. The van der Waals surface area contributed by atoms with Gasteiger partial charge in [-0.3, -0.25) is 0 Å². The molecule has 1 aromatic rings. The third-order valence-electron chi connectivity index (χ3n) is 3.33. The van der Waals surface area contributed by atoms with Crippen LogP contribution in [0.25, 0.3) is 0 Å². The molecule has 1 unspecified atom stereocenters. The summed E-state index contributed by atoms with van der Waals surface area (Å²) in [5.74, 6) is 0. The van der Waals surface area contributed by atoms with E-state index in [1.165, 1.54) is 30.6 Å². The number of hydrogen-bond donors (Lipinski definition) is 0. The molecule has 0 bridgehead atoms. The monoisotopic (exact) mass is 264 g/mol. The number of hydrogen-bond acceptors (Lipinski definition) is 3. The van der Waals surface area contributed by atoms with Gasteiger partial charge in [0.15, 0.2) is 0 Å². The van der Waals surface area contributed by atoms with Crippen molar-refractivity contribution in [3.63, 3.8) is 0 Å². The average Bonchev–Trinajstić information content (AvgIpc) is 2.58. The lowest BCUT2D eigenvalue weighted by molar-refractivity contribution is 0.616. The van der Waals surface area contributed by atoms with Gasteiger partial charge in [-0.05, 0) is 25.0 Å². The summed E-state index contributed by atoms with van der Waals surface area (Å²) in [6.45, 7) is 2.97. The Hall–Kier alpha value is -1.03. The number of benzene rings is 1. The van der Waals surface area contributed by atoms with Crippen molar-refractivity contribution in [2.45, 2.75) is 49.2 Å². The van der Waals surface area contributed by atoms with Crippen molar-refractivity contribution >= 4 is 17.4 Å². The molecule has 4 heteroatoms. The Kier molecular flexibility index (Phi) is 5.05. The second-order valence-electron chi connectivity index (χ2n) is 4.70. The Morgan fingerprint density at radius 2 is 2.22 bits per heavy atom. The van der Waals surface area contributed by atoms with Gasteiger partial charge in [0.2, 0.25) is 0 Å². The van der Waals surface area contributed by atoms with Crippen LogP contribution in [0, 0.1) is 4.91 Å². The summed E-state index contributed by atoms with van der Waals surface area (Å²) in [6.07, 6.45) is 6.11. The fourth-order valence-corrected chi connectivity index (χ4v) is 3.62. The van der Waals surface area contributed by atoms with Crippen LogP contribution in [-0.2, 0) is 0 Å². The second kappa shape index (κ2) is 6.78. The van der Waals surface area contributed by atoms with Gasteiger partial charge >= 0.3 is 0 Å². The number of fused-ring (bicyclic) bond motifs is 1. The number of thioether (sulfide) groups is 1. The molecule has 0 saturated heterocycles. The van der Waals surface area contributed by atoms with E-state index >= 15 is 0 Å². The molecular weight excluding hydrogens is 244 g/mol. The third-order valence-corrected chi connectivity index (χ3v) is 4.73. The van der Waals surface area contributed by atoms with Crippen LogP contribution in [0.2, 0.25) is 0 Å². The molecule has 0 spiro atoms. The van der Waals surface area contributed by atoms with Crippen molar-refractivity contribution in [3.8, 4) is 0 Å². The fourth-order valence-electron chi connectivity index (χ4n) is 2.31. The molecule has 3 nitrogen and oxygen atoms in total. The van der Waals surface area contributed by atoms with Gasteiger partial charge in [0.05, 0.1) is 11.0 Å². The summed E-state index contributed by atoms with van der Waals surface area (Å²) in [7, 11) is 0. The Morgan fingerprint density at radius 1 is 1.39 bits per heavy atom. The number of anilines is 1. The Bertz CT molecular complexity index is 397. The zero-order chi connectivity index (χ0) is 12.8. The van der Waals surface area contributed by atoms with E-state index in [2.05, 4.69) is 18.3 Å². The molecule has 0 radical (unpaired) electrons. The van der Waals surface area contributed by atoms with Crippen molar-refractivity contribution in [1.82, 2.24) is 0 Å². The van der Waals surface area contributed by atoms with Gasteiger partial charge in [-0.15, -0.1) is 16.7 Å². The molecule has 2 rings (SSSR count). The molecule has 98 valence electrons. The van der Waals surface area contributed by atoms with Crippen LogP contribution in [0.3, 0.4) is 0 Å². The first kappa shape index (κ1) is 13.4. The van der Waals surface area contributed by atoms with Crippen LogP contribution in [0.4, 0.5) is 5.69 Å². The van der Waals surface area contributed by atoms with Crippen LogP contribution in [-0.4, -0.2) is 11.8 Å². The molecule has 18 heavy (non-hydrogen) atoms. The molecule has 1 aliphatic rings. The van der Waals surface area contributed by atoms with E-state index in [9.17, 15) is 4.91 Å². The zero-order valence-electron chi connectivity index (χ0n) is 10.8. The molecule has 1 atom stereocenters. The van der Waals surface area contributed by atoms with Crippen molar-refractivity contribution in [3.05, 3.63) is 29.2 Å². The maximum atomic E-state index is 10.9. The summed E-state index contributed by atoms with van der Waals surface area (Å²) in [5, 5.41) is 5.36. The van der Waals surface area contributed by atoms with E-state index in [0.717, 1.165) is 18.7 Å². The number of para-hydroxylation sites is 1. The van der Waals surface area contributed by atoms with E-state index in [0.29, 0.717) is 5.25 Å². The van der Waals surface area contributed by atoms with Gasteiger partial charge in [-0.25, -0.2) is 5.01 Å². The first-order valence-electron chi connectivity index (χ1n) is 6.71. The van der Waals surface area contributed by atoms with Gasteiger partial charge in [0.1, 0.15) is 0 Å². The Balaban J connectivity index is 2.07. The fraction of sp³-hybridized carbons (Fsp3) is 0.571. The smallest absolute Gasteiger partial charge is 0.0762 e. The molecular formula is C14H20N2OS. The molecule has 1 aromatic carbocycles. The summed E-state index contributed by atoms with van der Waals surface area (Å²) >= 11 is 1.91. The van der Waals surface area contributed by atoms with Gasteiger partial charge in [-0.2, -0.15) is 0 Å². The minimum atomic E-state index is 0.615. The van der Waals surface area contributed by atoms with Gasteiger partial charge in [0, 0.05) is 16.7 Å². The SMILES string of the molecule is CCCCCC1CCN(N=O)c2ccccc2S1. The molecule has 1 heterocycles. The topological polar surface area (TPSA) is 32.7 Å². The summed E-state index contributed by atoms with van der Waals surface area (Å²) in [6, 6.07) is 8.08. The molecule has 0 aliphatic carbocycles. The highest BCUT2D eigenvalue weighted by Gasteiger charge is 2.21. The van der Waals surface area contributed by atoms with Crippen LogP contribution >= 0.6 is 11.8 Å². The van der Waals surface area contributed by atoms with Gasteiger partial charge in [0.25, 0.3) is 0 Å². The quantitative estimate of drug-likeness (QED) is 0.574. The largest absolute Gasteiger partial charge is 0.228 e. The van der Waals surface area contributed by atoms with Crippen LogP contribution in [0.1, 0.15) is 39.0 Å². The van der Waals surface area contributed by atoms with Crippen molar-refractivity contribution in [1.29, 1.82) is 0 Å². The highest BCUT2D eigenvalue weighted by atomic mass is 32.2. The lowest BCUT2D eigenvalue weighted by Gasteiger charge is -2.13. The number of nitrogens with zero attached hydrogens (tertiary/aromatic N) is 2. The zero-order valence-corrected chi connectivity index (χ0v) is 11.7. The van der Waals surface area contributed by atoms with Crippen LogP contribution in [0.15, 0.2) is 34.4 Å². The number of nitroso groups, excluding NO2 is 1. The minimum Gasteiger partial charge on any atom is -0.228 e. The minimum absolute atomic E-state index is 0.615. The van der Waals surface area contributed by atoms with Crippen molar-refractivity contribution < 1.29 is 0 Å². The molecule has 0 saturated carbocycles. The third kappa shape index (κ3) is 3.25. The Morgan fingerprint density at radius 3 is 3.00 bits per heavy atom. The average molecular weight is 264 g/mol. The second-order valence-corrected chi connectivity index (χ2v) is 6.04. The molecule has 0 fully saturated rings. The summed E-state index contributed by atoms with van der Waals surface area (Å²) < 4.78 is 0. The molecule has 0 N–H and O–H groups in total. The van der Waals surface area contributed by atoms with Gasteiger partial charge in [-0.1, -0.05) is 38.3 Å². The molecule has 1 aliphatic heterocycles. The van der Waals surface area contributed by atoms with Crippen LogP contribution < -0.4 is 5.01 Å². The van der Waals surface area contributed by atoms with Gasteiger partial charge < -0.3 is 0 Å². The number of unbranched alkanes of at least 4 members (excludes halogenated alkanes) is 2. The van der Waals surface area contributed by atoms with E-state index in [4.69, 9.17) is 0 Å². The van der Waals surface area contributed by atoms with Crippen LogP contribution in [0.5, 0.6) is 0 Å². The van der Waals surface area contributed by atoms with E-state index in [-0.39, 0.29) is 0 Å². The maximum Gasteiger partial charge on any atom is 0.0762 e. The first-order chi connectivity index (χ1) is 8.85. The highest BCUT2D eigenvalue weighted by molar-refractivity contribution is 8.00. The maximum absolute atomic E-state index is 10.9. The number of rotatable bonds is 5. The predicted molar refractivity (Wildman–Crippen MR) is 78.0 cm³/mol. The predicted octanol–water partition coefficient (Wildman–Crippen LogP) is 4.62. The normalized spacial score (nSPS) is 19.2. The highest BCUT2D eigenvalue weighted by Crippen LogP contribution is 2.39. The van der Waals surface area contributed by atoms with E-state index < -0.39 is 0 Å². The molecule has 0 amide bonds. The Labute approximate surface area is 113 Å². The molecule has 0 aromatic heterocycles. The standard InChI is InChI=1S/C14H20N2OS/c1-2-3-4-7-12-10-11-16(15-17)13-8-5-6-9-14(13)18-12/h5-6,8-9,12H,2-4,7,10-11H2,1H3. The van der Waals surface area contributed by atoms with Crippen molar-refractivity contribution in [2.24, 2.45) is 5.29 Å². The lowest BCUT2D eigenvalue weighted by Crippen LogP contribution is -2.18. The first-order valence-corrected chi connectivity index (χ1v) is 7.59. The lowest BCUT2D eigenvalue weighted by atomic mass is 10.1. The summed E-state index contributed by atoms with van der Waals surface area (Å²) in [4.78, 5) is 12.1. The van der Waals surface area contributed by atoms with E-state index in [1.807, 2.05) is 30.0 Å². The van der Waals surface area contributed by atoms with Crippen molar-refractivity contribution in [2.75, 3.05) is 11.6 Å². The van der Waals surface area contributed by atoms with E-state index in [1.54, 1.807) is 5.01 Å².